The van der Waals surface area contributed by atoms with Gasteiger partial charge in [0.2, 0.25) is 0 Å². The topological polar surface area (TPSA) is 218 Å². The van der Waals surface area contributed by atoms with Gasteiger partial charge < -0.3 is 48.7 Å². The Morgan fingerprint density at radius 2 is 1.05 bits per heavy atom. The lowest BCUT2D eigenvalue weighted by Crippen LogP contribution is -2.30. The highest BCUT2D eigenvalue weighted by molar-refractivity contribution is 6.21. The number of pyridine rings is 4. The number of amides is 4. The molecule has 5 heterocycles. The van der Waals surface area contributed by atoms with Crippen molar-refractivity contribution in [1.82, 2.24) is 29.7 Å². The second-order valence-corrected chi connectivity index (χ2v) is 17.8. The van der Waals surface area contributed by atoms with Gasteiger partial charge in [-0.1, -0.05) is 42.5 Å². The standard InChI is InChI=1S/C57H67N9O11/c1-71-25-27-73-29-31-75-41-54(67)62-51-18-11-14-46(60-51)39-64(38-45-13-5-7-21-58-45)36-43-33-44(35-48(34-43)77-24-10-9-23-66-56(69)49-16-3-4-17-50(49)57(66)70)37-65(53-20-6-8-22-59-53)40-47-15-12-19-52(61-47)63-55(68)42-76-32-30-74-28-26-72-2/h3-8,11-22,33-35H,9-10,23-32,36-42H2,1-2H3,(H,60,62,67)(H,61,63,68). The van der Waals surface area contributed by atoms with E-state index in [9.17, 15) is 19.2 Å². The summed E-state index contributed by atoms with van der Waals surface area (Å²) in [4.78, 5) is 76.3. The van der Waals surface area contributed by atoms with E-state index in [-0.39, 0.29) is 56.6 Å². The Morgan fingerprint density at radius 3 is 1.64 bits per heavy atom. The third kappa shape index (κ3) is 19.2. The Hall–Kier alpha value is -7.56. The van der Waals surface area contributed by atoms with Crippen LogP contribution in [-0.4, -0.2) is 147 Å². The average molecular weight is 1050 g/mol. The Morgan fingerprint density at radius 1 is 0.519 bits per heavy atom. The summed E-state index contributed by atoms with van der Waals surface area (Å²) in [5.74, 6) is 0.883. The lowest BCUT2D eigenvalue weighted by molar-refractivity contribution is -0.122. The molecular formula is C57H67N9O11. The summed E-state index contributed by atoms with van der Waals surface area (Å²) in [5, 5.41) is 5.68. The number of nitrogens with zero attached hydrogens (tertiary/aromatic N) is 7. The lowest BCUT2D eigenvalue weighted by atomic mass is 10.1. The van der Waals surface area contributed by atoms with E-state index in [2.05, 4.69) is 31.5 Å². The molecule has 4 amide bonds. The Kier molecular flexibility index (Phi) is 23.4. The number of carbonyl (C=O) groups is 4. The quantitative estimate of drug-likeness (QED) is 0.0327. The lowest BCUT2D eigenvalue weighted by Gasteiger charge is -2.26. The first-order valence-corrected chi connectivity index (χ1v) is 25.5. The van der Waals surface area contributed by atoms with Gasteiger partial charge in [-0.05, 0) is 96.8 Å². The van der Waals surface area contributed by atoms with Crippen LogP contribution < -0.4 is 20.3 Å². The van der Waals surface area contributed by atoms with E-state index >= 15 is 0 Å². The van der Waals surface area contributed by atoms with Gasteiger partial charge in [0, 0.05) is 59.3 Å². The van der Waals surface area contributed by atoms with Crippen LogP contribution in [0.3, 0.4) is 0 Å². The summed E-state index contributed by atoms with van der Waals surface area (Å²) < 4.78 is 38.3. The maximum absolute atomic E-state index is 13.1. The summed E-state index contributed by atoms with van der Waals surface area (Å²) in [5.41, 5.74) is 4.99. The summed E-state index contributed by atoms with van der Waals surface area (Å²) >= 11 is 0. The van der Waals surface area contributed by atoms with Crippen molar-refractivity contribution < 1.29 is 52.3 Å². The van der Waals surface area contributed by atoms with Crippen LogP contribution in [0.25, 0.3) is 0 Å². The maximum atomic E-state index is 13.1. The van der Waals surface area contributed by atoms with Gasteiger partial charge in [-0.3, -0.25) is 34.0 Å². The molecule has 406 valence electrons. The van der Waals surface area contributed by atoms with Gasteiger partial charge in [0.1, 0.15) is 36.4 Å². The number of anilines is 3. The molecule has 1 aliphatic heterocycles. The first-order valence-electron chi connectivity index (χ1n) is 25.5. The van der Waals surface area contributed by atoms with Crippen LogP contribution in [0, 0.1) is 0 Å². The normalized spacial score (nSPS) is 12.0. The van der Waals surface area contributed by atoms with Gasteiger partial charge in [0.15, 0.2) is 0 Å². The number of imide groups is 1. The second-order valence-electron chi connectivity index (χ2n) is 17.8. The fraction of sp³-hybridized carbons (Fsp3) is 0.368. The summed E-state index contributed by atoms with van der Waals surface area (Å²) in [6, 6.07) is 35.5. The van der Waals surface area contributed by atoms with Gasteiger partial charge in [0.05, 0.1) is 94.2 Å². The Balaban J connectivity index is 1.08. The third-order valence-corrected chi connectivity index (χ3v) is 11.8. The van der Waals surface area contributed by atoms with Crippen LogP contribution in [0.5, 0.6) is 5.75 Å². The van der Waals surface area contributed by atoms with Gasteiger partial charge in [-0.25, -0.2) is 15.0 Å². The Labute approximate surface area is 449 Å². The van der Waals surface area contributed by atoms with E-state index in [0.717, 1.165) is 22.5 Å². The van der Waals surface area contributed by atoms with Gasteiger partial charge in [0.25, 0.3) is 23.6 Å². The van der Waals surface area contributed by atoms with Crippen molar-refractivity contribution in [3.05, 3.63) is 167 Å². The van der Waals surface area contributed by atoms with E-state index in [0.29, 0.717) is 132 Å². The fourth-order valence-corrected chi connectivity index (χ4v) is 8.24. The number of benzene rings is 2. The highest BCUT2D eigenvalue weighted by Gasteiger charge is 2.34. The smallest absolute Gasteiger partial charge is 0.261 e. The molecule has 2 N–H and O–H groups in total. The molecule has 6 aromatic rings. The molecule has 0 aliphatic carbocycles. The van der Waals surface area contributed by atoms with Crippen molar-refractivity contribution >= 4 is 41.1 Å². The van der Waals surface area contributed by atoms with Crippen LogP contribution in [0.2, 0.25) is 0 Å². The number of carbonyl (C=O) groups excluding carboxylic acids is 4. The van der Waals surface area contributed by atoms with Gasteiger partial charge in [-0.15, -0.1) is 0 Å². The third-order valence-electron chi connectivity index (χ3n) is 11.8. The monoisotopic (exact) mass is 1050 g/mol. The van der Waals surface area contributed by atoms with E-state index in [1.165, 1.54) is 4.90 Å². The highest BCUT2D eigenvalue weighted by atomic mass is 16.5. The van der Waals surface area contributed by atoms with E-state index < -0.39 is 0 Å². The van der Waals surface area contributed by atoms with Crippen molar-refractivity contribution in [2.75, 3.05) is 109 Å². The molecule has 1 aliphatic rings. The van der Waals surface area contributed by atoms with Crippen molar-refractivity contribution in [1.29, 1.82) is 0 Å². The summed E-state index contributed by atoms with van der Waals surface area (Å²) in [7, 11) is 3.21. The van der Waals surface area contributed by atoms with Crippen LogP contribution in [0.15, 0.2) is 128 Å². The van der Waals surface area contributed by atoms with Crippen LogP contribution >= 0.6 is 0 Å². The number of rotatable bonds is 35. The van der Waals surface area contributed by atoms with E-state index in [1.807, 2.05) is 72.8 Å². The molecule has 20 heteroatoms. The highest BCUT2D eigenvalue weighted by Crippen LogP contribution is 2.26. The molecular weight excluding hydrogens is 987 g/mol. The van der Waals surface area contributed by atoms with E-state index in [1.54, 1.807) is 63.0 Å². The minimum Gasteiger partial charge on any atom is -0.494 e. The van der Waals surface area contributed by atoms with Gasteiger partial charge in [-0.2, -0.15) is 0 Å². The number of ether oxygens (including phenoxy) is 7. The summed E-state index contributed by atoms with van der Waals surface area (Å²) in [6.45, 7) is 5.43. The zero-order valence-corrected chi connectivity index (χ0v) is 43.7. The zero-order chi connectivity index (χ0) is 53.9. The second kappa shape index (κ2) is 31.5. The first kappa shape index (κ1) is 57.2. The van der Waals surface area contributed by atoms with Crippen LogP contribution in [0.1, 0.15) is 61.8 Å². The SMILES string of the molecule is COCCOCCOCC(=O)Nc1cccc(CN(Cc2cc(CN(Cc3cccc(NC(=O)COCCOCCOC)n3)c3ccccn3)cc(OCCCCN3C(=O)c4ccccc4C3=O)c2)Cc2ccccn2)n1. The molecule has 4 aromatic heterocycles. The first-order chi connectivity index (χ1) is 37.7. The molecule has 7 rings (SSSR count). The van der Waals surface area contributed by atoms with E-state index in [4.69, 9.17) is 48.1 Å². The molecule has 0 bridgehead atoms. The minimum atomic E-state index is -0.342. The molecule has 0 radical (unpaired) electrons. The van der Waals surface area contributed by atoms with Crippen molar-refractivity contribution in [3.8, 4) is 5.75 Å². The number of fused-ring (bicyclic) bond motifs is 1. The molecule has 2 aromatic carbocycles. The van der Waals surface area contributed by atoms with Crippen molar-refractivity contribution in [3.63, 3.8) is 0 Å². The number of methoxy groups -OCH3 is 2. The molecule has 20 nitrogen and oxygen atoms in total. The molecule has 0 spiro atoms. The fourth-order valence-electron chi connectivity index (χ4n) is 8.24. The molecule has 0 fully saturated rings. The molecule has 0 saturated carbocycles. The number of aromatic nitrogens is 4. The molecule has 77 heavy (non-hydrogen) atoms. The average Bonchev–Trinajstić information content (AvgIpc) is 3.68. The minimum absolute atomic E-state index is 0.152. The molecule has 0 atom stereocenters. The number of hydrogen-bond donors (Lipinski definition) is 2. The number of unbranched alkanes of at least 4 members (excludes halogenated alkanes) is 1. The largest absolute Gasteiger partial charge is 0.494 e. The Bertz CT molecular complexity index is 2760. The maximum Gasteiger partial charge on any atom is 0.261 e. The number of hydrogen-bond acceptors (Lipinski definition) is 17. The van der Waals surface area contributed by atoms with Crippen LogP contribution in [-0.2, 0) is 70.7 Å². The molecule has 0 saturated heterocycles. The van der Waals surface area contributed by atoms with Crippen LogP contribution in [0.4, 0.5) is 17.5 Å². The predicted molar refractivity (Wildman–Crippen MR) is 287 cm³/mol. The van der Waals surface area contributed by atoms with Gasteiger partial charge >= 0.3 is 0 Å². The van der Waals surface area contributed by atoms with Crippen molar-refractivity contribution in [2.24, 2.45) is 0 Å². The predicted octanol–water partition coefficient (Wildman–Crippen LogP) is 6.37. The van der Waals surface area contributed by atoms with Crippen molar-refractivity contribution in [2.45, 2.75) is 45.6 Å². The zero-order valence-electron chi connectivity index (χ0n) is 43.7. The summed E-state index contributed by atoms with van der Waals surface area (Å²) in [6.07, 6.45) is 4.64. The molecule has 0 unspecified atom stereocenters. The number of nitrogens with one attached hydrogen (secondary N) is 2.